The third-order valence-electron chi connectivity index (χ3n) is 5.45. The molecule has 1 aromatic carbocycles. The van der Waals surface area contributed by atoms with E-state index in [0.717, 1.165) is 11.4 Å². The van der Waals surface area contributed by atoms with Gasteiger partial charge in [-0.1, -0.05) is 11.8 Å². The van der Waals surface area contributed by atoms with Crippen molar-refractivity contribution in [3.63, 3.8) is 0 Å². The second kappa shape index (κ2) is 8.74. The number of piperazine rings is 1. The van der Waals surface area contributed by atoms with Crippen LogP contribution in [0.1, 0.15) is 25.6 Å². The number of fused-ring (bicyclic) bond motifs is 1. The third-order valence-corrected chi connectivity index (χ3v) is 6.39. The summed E-state index contributed by atoms with van der Waals surface area (Å²) in [6.07, 6.45) is 0. The summed E-state index contributed by atoms with van der Waals surface area (Å²) in [5, 5.41) is 0.560. The van der Waals surface area contributed by atoms with E-state index in [1.807, 2.05) is 31.7 Å². The number of hydrogen-bond donors (Lipinski definition) is 1. The minimum atomic E-state index is -0.254. The van der Waals surface area contributed by atoms with E-state index < -0.39 is 0 Å². The van der Waals surface area contributed by atoms with Gasteiger partial charge < -0.3 is 14.8 Å². The van der Waals surface area contributed by atoms with E-state index in [0.29, 0.717) is 42.4 Å². The van der Waals surface area contributed by atoms with Crippen LogP contribution in [0.2, 0.25) is 0 Å². The number of aromatic nitrogens is 3. The third kappa shape index (κ3) is 4.46. The van der Waals surface area contributed by atoms with Gasteiger partial charge in [-0.3, -0.25) is 14.2 Å². The predicted octanol–water partition coefficient (Wildman–Crippen LogP) is 3.19. The van der Waals surface area contributed by atoms with Gasteiger partial charge in [-0.25, -0.2) is 9.37 Å². The summed E-state index contributed by atoms with van der Waals surface area (Å²) in [6.45, 7) is 8.38. The molecule has 0 aliphatic carbocycles. The monoisotopic (exact) mass is 443 g/mol. The van der Waals surface area contributed by atoms with Crippen molar-refractivity contribution in [1.82, 2.24) is 19.4 Å². The average molecular weight is 444 g/mol. The lowest BCUT2D eigenvalue weighted by Crippen LogP contribution is -2.49. The highest BCUT2D eigenvalue weighted by Crippen LogP contribution is 2.22. The zero-order chi connectivity index (χ0) is 22.1. The predicted molar refractivity (Wildman–Crippen MR) is 121 cm³/mol. The van der Waals surface area contributed by atoms with Crippen LogP contribution in [0.3, 0.4) is 0 Å². The van der Waals surface area contributed by atoms with Crippen molar-refractivity contribution in [3.8, 4) is 0 Å². The summed E-state index contributed by atoms with van der Waals surface area (Å²) >= 11 is 1.31. The van der Waals surface area contributed by atoms with Crippen LogP contribution in [0.25, 0.3) is 11.0 Å². The molecule has 1 aliphatic heterocycles. The first-order chi connectivity index (χ1) is 14.8. The van der Waals surface area contributed by atoms with E-state index >= 15 is 0 Å². The number of carbonyl (C=O) groups is 1. The van der Waals surface area contributed by atoms with E-state index in [9.17, 15) is 14.0 Å². The highest BCUT2D eigenvalue weighted by atomic mass is 32.2. The largest absolute Gasteiger partial charge is 0.368 e. The Morgan fingerprint density at radius 2 is 1.87 bits per heavy atom. The molecule has 9 heteroatoms. The molecule has 1 fully saturated rings. The van der Waals surface area contributed by atoms with Crippen LogP contribution in [-0.2, 0) is 4.79 Å². The van der Waals surface area contributed by atoms with E-state index in [1.54, 1.807) is 16.7 Å². The SMILES string of the molecule is Cc1cc2nc(SCC(=O)N3CCN(c4ccc(F)cc4)CC3)n(C(C)C)c(=O)c2[nH]1. The molecule has 0 atom stereocenters. The van der Waals surface area contributed by atoms with Crippen LogP contribution in [0.15, 0.2) is 40.3 Å². The zero-order valence-electron chi connectivity index (χ0n) is 17.9. The van der Waals surface area contributed by atoms with Gasteiger partial charge in [0.1, 0.15) is 11.3 Å². The Morgan fingerprint density at radius 1 is 1.19 bits per heavy atom. The van der Waals surface area contributed by atoms with Crippen molar-refractivity contribution < 1.29 is 9.18 Å². The van der Waals surface area contributed by atoms with Crippen molar-refractivity contribution in [3.05, 3.63) is 52.2 Å². The fraction of sp³-hybridized carbons (Fsp3) is 0.409. The molecule has 0 unspecified atom stereocenters. The maximum atomic E-state index is 13.1. The molecule has 0 saturated carbocycles. The fourth-order valence-electron chi connectivity index (χ4n) is 3.83. The normalized spacial score (nSPS) is 14.6. The number of hydrogen-bond acceptors (Lipinski definition) is 5. The second-order valence-corrected chi connectivity index (χ2v) is 8.95. The highest BCUT2D eigenvalue weighted by molar-refractivity contribution is 7.99. The van der Waals surface area contributed by atoms with Crippen molar-refractivity contribution in [1.29, 1.82) is 0 Å². The first-order valence-electron chi connectivity index (χ1n) is 10.4. The maximum absolute atomic E-state index is 13.1. The first-order valence-corrected chi connectivity index (χ1v) is 11.3. The van der Waals surface area contributed by atoms with Crippen molar-refractivity contribution in [2.45, 2.75) is 32.0 Å². The average Bonchev–Trinajstić information content (AvgIpc) is 3.13. The minimum absolute atomic E-state index is 0.0265. The molecule has 164 valence electrons. The molecule has 0 bridgehead atoms. The van der Waals surface area contributed by atoms with Gasteiger partial charge in [-0.2, -0.15) is 0 Å². The van der Waals surface area contributed by atoms with Gasteiger partial charge in [0, 0.05) is 43.6 Å². The molecular weight excluding hydrogens is 417 g/mol. The van der Waals surface area contributed by atoms with Gasteiger partial charge >= 0.3 is 0 Å². The lowest BCUT2D eigenvalue weighted by molar-refractivity contribution is -0.128. The molecule has 1 saturated heterocycles. The quantitative estimate of drug-likeness (QED) is 0.484. The summed E-state index contributed by atoms with van der Waals surface area (Å²) in [5.74, 6) is -0.000309. The Morgan fingerprint density at radius 3 is 2.52 bits per heavy atom. The van der Waals surface area contributed by atoms with Crippen LogP contribution in [0.4, 0.5) is 10.1 Å². The number of anilines is 1. The molecule has 0 spiro atoms. The van der Waals surface area contributed by atoms with Crippen molar-refractivity contribution in [2.75, 3.05) is 36.8 Å². The number of thioether (sulfide) groups is 1. The van der Waals surface area contributed by atoms with Crippen LogP contribution in [0, 0.1) is 12.7 Å². The summed E-state index contributed by atoms with van der Waals surface area (Å²) in [4.78, 5) is 37.4. The number of carbonyl (C=O) groups excluding carboxylic acids is 1. The first kappa shape index (κ1) is 21.4. The number of aryl methyl sites for hydroxylation is 1. The smallest absolute Gasteiger partial charge is 0.278 e. The van der Waals surface area contributed by atoms with E-state index in [4.69, 9.17) is 0 Å². The van der Waals surface area contributed by atoms with Crippen molar-refractivity contribution in [2.24, 2.45) is 0 Å². The van der Waals surface area contributed by atoms with Crippen LogP contribution >= 0.6 is 11.8 Å². The molecule has 7 nitrogen and oxygen atoms in total. The fourth-order valence-corrected chi connectivity index (χ4v) is 4.86. The summed E-state index contributed by atoms with van der Waals surface area (Å²) in [5.41, 5.74) is 2.85. The zero-order valence-corrected chi connectivity index (χ0v) is 18.7. The number of nitrogens with one attached hydrogen (secondary N) is 1. The van der Waals surface area contributed by atoms with E-state index in [2.05, 4.69) is 14.9 Å². The second-order valence-electron chi connectivity index (χ2n) is 8.01. The van der Waals surface area contributed by atoms with Crippen LogP contribution < -0.4 is 10.5 Å². The highest BCUT2D eigenvalue weighted by Gasteiger charge is 2.23. The number of aromatic amines is 1. The van der Waals surface area contributed by atoms with Gasteiger partial charge in [0.15, 0.2) is 5.16 Å². The van der Waals surface area contributed by atoms with Gasteiger partial charge in [-0.15, -0.1) is 0 Å². The summed E-state index contributed by atoms with van der Waals surface area (Å²) in [6, 6.07) is 8.21. The van der Waals surface area contributed by atoms with Gasteiger partial charge in [0.25, 0.3) is 5.56 Å². The van der Waals surface area contributed by atoms with Crippen LogP contribution in [-0.4, -0.2) is 57.3 Å². The molecule has 1 aliphatic rings. The number of halogens is 1. The molecule has 1 amide bonds. The molecule has 1 N–H and O–H groups in total. The molecule has 2 aromatic heterocycles. The van der Waals surface area contributed by atoms with Gasteiger partial charge in [0.2, 0.25) is 5.91 Å². The molecule has 31 heavy (non-hydrogen) atoms. The Balaban J connectivity index is 1.42. The van der Waals surface area contributed by atoms with Crippen LogP contribution in [0.5, 0.6) is 0 Å². The molecule has 4 rings (SSSR count). The number of H-pyrrole nitrogens is 1. The molecular formula is C22H26FN5O2S. The van der Waals surface area contributed by atoms with E-state index in [-0.39, 0.29) is 29.1 Å². The Hall–Kier alpha value is -2.81. The van der Waals surface area contributed by atoms with Gasteiger partial charge in [0.05, 0.1) is 11.3 Å². The van der Waals surface area contributed by atoms with E-state index in [1.165, 1.54) is 23.9 Å². The standard InChI is InChI=1S/C22H26FN5O2S/c1-14(2)28-21(30)20-18(12-15(3)24-20)25-22(28)31-13-19(29)27-10-8-26(9-11-27)17-6-4-16(23)5-7-17/h4-7,12,14,24H,8-11,13H2,1-3H3. The summed E-state index contributed by atoms with van der Waals surface area (Å²) < 4.78 is 14.8. The minimum Gasteiger partial charge on any atom is -0.368 e. The number of nitrogens with zero attached hydrogens (tertiary/aromatic N) is 4. The maximum Gasteiger partial charge on any atom is 0.278 e. The van der Waals surface area contributed by atoms with Crippen molar-refractivity contribution >= 4 is 34.4 Å². The Kier molecular flexibility index (Phi) is 6.04. The number of rotatable bonds is 5. The number of amides is 1. The van der Waals surface area contributed by atoms with Gasteiger partial charge in [-0.05, 0) is 51.1 Å². The Labute approximate surface area is 184 Å². The number of benzene rings is 1. The topological polar surface area (TPSA) is 74.2 Å². The lowest BCUT2D eigenvalue weighted by Gasteiger charge is -2.36. The molecule has 3 heterocycles. The summed E-state index contributed by atoms with van der Waals surface area (Å²) in [7, 11) is 0. The molecule has 3 aromatic rings. The lowest BCUT2D eigenvalue weighted by atomic mass is 10.2. The Bertz CT molecular complexity index is 1150. The molecule has 0 radical (unpaired) electrons.